The van der Waals surface area contributed by atoms with E-state index in [1.807, 2.05) is 0 Å². The van der Waals surface area contributed by atoms with E-state index in [4.69, 9.17) is 19.0 Å². The molecule has 0 saturated carbocycles. The molecule has 0 aliphatic heterocycles. The molecule has 0 amide bonds. The van der Waals surface area contributed by atoms with Gasteiger partial charge in [0.05, 0.1) is 18.5 Å². The summed E-state index contributed by atoms with van der Waals surface area (Å²) in [5.74, 6) is 4.99. The predicted molar refractivity (Wildman–Crippen MR) is 82.7 cm³/mol. The maximum atomic E-state index is 12.7. The van der Waals surface area contributed by atoms with Gasteiger partial charge < -0.3 is 4.52 Å². The number of hydrogen-bond donors (Lipinski definition) is 1. The van der Waals surface area contributed by atoms with E-state index in [1.165, 1.54) is 7.11 Å². The third-order valence-corrected chi connectivity index (χ3v) is 10.3. The van der Waals surface area contributed by atoms with Crippen LogP contribution in [0.1, 0.15) is 40.0 Å². The van der Waals surface area contributed by atoms with E-state index in [1.54, 1.807) is 20.8 Å². The molecule has 0 aromatic rings. The first-order valence-corrected chi connectivity index (χ1v) is 12.0. The Morgan fingerprint density at radius 1 is 0.762 bits per heavy atom. The van der Waals surface area contributed by atoms with Gasteiger partial charge in [-0.3, -0.25) is 13.7 Å². The molecule has 3 unspecified atom stereocenters. The normalized spacial score (nSPS) is 20.4. The SMILES string of the molecule is CCCP(=O)(OC)OP(=O)(CCC)OP(=O)(CCC)ON. The molecule has 128 valence electrons. The molecule has 2 N–H and O–H groups in total. The Morgan fingerprint density at radius 2 is 1.14 bits per heavy atom. The zero-order chi connectivity index (χ0) is 16.6. The summed E-state index contributed by atoms with van der Waals surface area (Å²) in [5.41, 5.74) is 0. The Labute approximate surface area is 126 Å². The predicted octanol–water partition coefficient (Wildman–Crippen LogP) is 4.37. The topological polar surface area (TPSA) is 114 Å². The molecule has 8 nitrogen and oxygen atoms in total. The number of nitrogens with two attached hydrogens (primary N) is 1. The summed E-state index contributed by atoms with van der Waals surface area (Å²) in [4.78, 5) is 0. The molecule has 21 heavy (non-hydrogen) atoms. The van der Waals surface area contributed by atoms with Crippen LogP contribution in [0.4, 0.5) is 0 Å². The van der Waals surface area contributed by atoms with E-state index in [2.05, 4.69) is 4.62 Å². The smallest absolute Gasteiger partial charge is 0.312 e. The number of rotatable bonds is 12. The van der Waals surface area contributed by atoms with Crippen molar-refractivity contribution in [1.82, 2.24) is 0 Å². The molecule has 0 fully saturated rings. The minimum atomic E-state index is -3.91. The summed E-state index contributed by atoms with van der Waals surface area (Å²) >= 11 is 0. The summed E-state index contributed by atoms with van der Waals surface area (Å²) in [7, 11) is -10.0. The van der Waals surface area contributed by atoms with Gasteiger partial charge in [-0.2, -0.15) is 0 Å². The largest absolute Gasteiger partial charge is 0.353 e. The van der Waals surface area contributed by atoms with Gasteiger partial charge in [-0.15, -0.1) is 0 Å². The molecule has 0 aromatic heterocycles. The molecule has 0 aliphatic rings. The summed E-state index contributed by atoms with van der Waals surface area (Å²) < 4.78 is 56.8. The quantitative estimate of drug-likeness (QED) is 0.401. The van der Waals surface area contributed by atoms with Gasteiger partial charge in [0.1, 0.15) is 0 Å². The maximum Gasteiger partial charge on any atom is 0.353 e. The summed E-state index contributed by atoms with van der Waals surface area (Å²) in [6.45, 7) is 5.27. The monoisotopic (exact) mass is 365 g/mol. The second-order valence-electron chi connectivity index (χ2n) is 4.45. The molecule has 0 rings (SSSR count). The van der Waals surface area contributed by atoms with Crippen LogP contribution in [0.15, 0.2) is 0 Å². The van der Waals surface area contributed by atoms with Gasteiger partial charge in [-0.05, 0) is 19.3 Å². The van der Waals surface area contributed by atoms with Crippen LogP contribution in [-0.2, 0) is 31.5 Å². The van der Waals surface area contributed by atoms with Gasteiger partial charge in [-0.25, -0.2) is 19.1 Å². The van der Waals surface area contributed by atoms with Gasteiger partial charge >= 0.3 is 22.8 Å². The molecule has 0 radical (unpaired) electrons. The summed E-state index contributed by atoms with van der Waals surface area (Å²) in [5, 5.41) is 0. The molecule has 0 aromatic carbocycles. The van der Waals surface area contributed by atoms with E-state index in [-0.39, 0.29) is 18.5 Å². The molecule has 11 heteroatoms. The Morgan fingerprint density at radius 3 is 1.52 bits per heavy atom. The number of hydrogen-bond acceptors (Lipinski definition) is 8. The standard InChI is InChI=1S/C10H26NO7P3/c1-5-8-19(12,15-4)17-21(14,10-7-3)18-20(13,16-11)9-6-2/h5-11H2,1-4H3. The van der Waals surface area contributed by atoms with Crippen molar-refractivity contribution in [3.05, 3.63) is 0 Å². The minimum Gasteiger partial charge on any atom is -0.312 e. The third kappa shape index (κ3) is 7.54. The van der Waals surface area contributed by atoms with E-state index in [9.17, 15) is 13.7 Å². The highest BCUT2D eigenvalue weighted by molar-refractivity contribution is 7.72. The second kappa shape index (κ2) is 9.59. The van der Waals surface area contributed by atoms with Crippen molar-refractivity contribution in [3.8, 4) is 0 Å². The lowest BCUT2D eigenvalue weighted by atomic mass is 10.6. The first-order chi connectivity index (χ1) is 9.72. The van der Waals surface area contributed by atoms with Crippen LogP contribution in [-0.4, -0.2) is 25.6 Å². The van der Waals surface area contributed by atoms with E-state index in [0.717, 1.165) is 0 Å². The summed E-state index contributed by atoms with van der Waals surface area (Å²) in [6, 6.07) is 0. The van der Waals surface area contributed by atoms with Crippen molar-refractivity contribution in [1.29, 1.82) is 0 Å². The van der Waals surface area contributed by atoms with E-state index >= 15 is 0 Å². The Hall–Kier alpha value is 0.490. The van der Waals surface area contributed by atoms with Crippen LogP contribution in [0.5, 0.6) is 0 Å². The highest BCUT2D eigenvalue weighted by Crippen LogP contribution is 2.71. The molecule has 3 atom stereocenters. The fourth-order valence-electron chi connectivity index (χ4n) is 1.58. The first kappa shape index (κ1) is 21.5. The molecule has 0 bridgehead atoms. The van der Waals surface area contributed by atoms with Crippen LogP contribution in [0.25, 0.3) is 0 Å². The summed E-state index contributed by atoms with van der Waals surface area (Å²) in [6.07, 6.45) is 1.41. The van der Waals surface area contributed by atoms with Gasteiger partial charge in [-0.1, -0.05) is 20.8 Å². The Bertz CT molecular complexity index is 408. The Kier molecular flexibility index (Phi) is 9.81. The van der Waals surface area contributed by atoms with Crippen molar-refractivity contribution in [2.75, 3.05) is 25.6 Å². The molecular formula is C10H26NO7P3. The van der Waals surface area contributed by atoms with Crippen molar-refractivity contribution in [3.63, 3.8) is 0 Å². The van der Waals surface area contributed by atoms with Gasteiger partial charge in [0.15, 0.2) is 0 Å². The van der Waals surface area contributed by atoms with Crippen molar-refractivity contribution in [2.45, 2.75) is 40.0 Å². The average Bonchev–Trinajstić information content (AvgIpc) is 2.39. The molecule has 0 saturated heterocycles. The van der Waals surface area contributed by atoms with Gasteiger partial charge in [0, 0.05) is 7.11 Å². The van der Waals surface area contributed by atoms with Gasteiger partial charge in [0.2, 0.25) is 0 Å². The van der Waals surface area contributed by atoms with E-state index < -0.39 is 22.8 Å². The van der Waals surface area contributed by atoms with Crippen molar-refractivity contribution >= 4 is 22.8 Å². The molecule has 0 aliphatic carbocycles. The average molecular weight is 365 g/mol. The highest BCUT2D eigenvalue weighted by atomic mass is 31.3. The molecular weight excluding hydrogens is 339 g/mol. The highest BCUT2D eigenvalue weighted by Gasteiger charge is 2.41. The second-order valence-corrected chi connectivity index (χ2v) is 11.3. The van der Waals surface area contributed by atoms with Crippen LogP contribution in [0, 0.1) is 0 Å². The van der Waals surface area contributed by atoms with Crippen molar-refractivity contribution < 1.29 is 31.5 Å². The lowest BCUT2D eigenvalue weighted by Crippen LogP contribution is -2.07. The maximum absolute atomic E-state index is 12.7. The van der Waals surface area contributed by atoms with Gasteiger partial charge in [0.25, 0.3) is 0 Å². The van der Waals surface area contributed by atoms with Crippen LogP contribution in [0.3, 0.4) is 0 Å². The minimum absolute atomic E-state index is 0.00831. The van der Waals surface area contributed by atoms with Crippen LogP contribution < -0.4 is 5.90 Å². The zero-order valence-electron chi connectivity index (χ0n) is 13.0. The molecule has 0 spiro atoms. The van der Waals surface area contributed by atoms with Crippen molar-refractivity contribution in [2.24, 2.45) is 5.90 Å². The fraction of sp³-hybridized carbons (Fsp3) is 1.00. The lowest BCUT2D eigenvalue weighted by molar-refractivity contribution is 0.253. The van der Waals surface area contributed by atoms with Crippen LogP contribution >= 0.6 is 22.8 Å². The Balaban J connectivity index is 5.29. The molecule has 0 heterocycles. The zero-order valence-corrected chi connectivity index (χ0v) is 15.7. The first-order valence-electron chi connectivity index (χ1n) is 6.86. The third-order valence-electron chi connectivity index (χ3n) is 2.43. The van der Waals surface area contributed by atoms with Crippen LogP contribution in [0.2, 0.25) is 0 Å². The fourth-order valence-corrected chi connectivity index (χ4v) is 8.65. The lowest BCUT2D eigenvalue weighted by Gasteiger charge is -2.25. The van der Waals surface area contributed by atoms with E-state index in [0.29, 0.717) is 19.3 Å².